The highest BCUT2D eigenvalue weighted by Gasteiger charge is 2.37. The third-order valence-electron chi connectivity index (χ3n) is 1.58. The standard InChI is InChI=1S/C6H12O6S/c1-10-6(7)12-5-3-2-4-11-13(5,8)9/h5,8-9H,2-4H2,1H3. The maximum absolute atomic E-state index is 10.7. The summed E-state index contributed by atoms with van der Waals surface area (Å²) in [5.41, 5.74) is -1.01. The van der Waals surface area contributed by atoms with Crippen LogP contribution in [0.1, 0.15) is 12.8 Å². The molecule has 0 aromatic heterocycles. The van der Waals surface area contributed by atoms with E-state index in [2.05, 4.69) is 13.7 Å². The number of hydrogen-bond acceptors (Lipinski definition) is 6. The molecule has 0 amide bonds. The molecule has 1 aliphatic heterocycles. The van der Waals surface area contributed by atoms with Crippen molar-refractivity contribution in [3.8, 4) is 0 Å². The fourth-order valence-corrected chi connectivity index (χ4v) is 2.13. The van der Waals surface area contributed by atoms with Crippen molar-refractivity contribution in [3.63, 3.8) is 0 Å². The van der Waals surface area contributed by atoms with E-state index in [0.717, 1.165) is 7.11 Å². The van der Waals surface area contributed by atoms with E-state index in [4.69, 9.17) is 0 Å². The number of rotatable bonds is 1. The fraction of sp³-hybridized carbons (Fsp3) is 0.833. The summed E-state index contributed by atoms with van der Waals surface area (Å²) in [6.45, 7) is 0.267. The van der Waals surface area contributed by atoms with E-state index in [1.54, 1.807) is 0 Å². The Hall–Kier alpha value is -0.500. The van der Waals surface area contributed by atoms with Crippen molar-refractivity contribution in [1.82, 2.24) is 0 Å². The molecule has 7 heteroatoms. The average Bonchev–Trinajstić information content (AvgIpc) is 2.08. The second-order valence-electron chi connectivity index (χ2n) is 2.50. The zero-order chi connectivity index (χ0) is 9.90. The van der Waals surface area contributed by atoms with Gasteiger partial charge in [0.1, 0.15) is 10.9 Å². The SMILES string of the molecule is COC(=O)OC1CCCOS1(O)O. The van der Waals surface area contributed by atoms with Gasteiger partial charge in [-0.2, -0.15) is 0 Å². The summed E-state index contributed by atoms with van der Waals surface area (Å²) in [6, 6.07) is 0. The van der Waals surface area contributed by atoms with Crippen molar-refractivity contribution in [2.45, 2.75) is 18.3 Å². The highest BCUT2D eigenvalue weighted by atomic mass is 32.3. The summed E-state index contributed by atoms with van der Waals surface area (Å²) in [6.07, 6.45) is 0.0603. The van der Waals surface area contributed by atoms with Gasteiger partial charge >= 0.3 is 6.16 Å². The lowest BCUT2D eigenvalue weighted by Gasteiger charge is -2.36. The number of carbonyl (C=O) groups is 1. The molecule has 1 saturated heterocycles. The van der Waals surface area contributed by atoms with E-state index >= 15 is 0 Å². The van der Waals surface area contributed by atoms with Gasteiger partial charge in [-0.25, -0.2) is 4.79 Å². The van der Waals surface area contributed by atoms with Crippen LogP contribution in [0.15, 0.2) is 0 Å². The molecule has 1 rings (SSSR count). The molecule has 0 bridgehead atoms. The molecule has 13 heavy (non-hydrogen) atoms. The zero-order valence-corrected chi connectivity index (χ0v) is 7.95. The van der Waals surface area contributed by atoms with Crippen molar-refractivity contribution in [2.24, 2.45) is 0 Å². The maximum Gasteiger partial charge on any atom is 0.509 e. The number of carbonyl (C=O) groups excluding carboxylic acids is 1. The Labute approximate surface area is 77.3 Å². The molecular weight excluding hydrogens is 200 g/mol. The molecule has 0 aromatic rings. The minimum Gasteiger partial charge on any atom is -0.438 e. The molecule has 2 N–H and O–H groups in total. The predicted octanol–water partition coefficient (Wildman–Crippen LogP) is 1.57. The molecule has 1 heterocycles. The Balaban J connectivity index is 2.51. The molecular formula is C6H12O6S. The topological polar surface area (TPSA) is 85.2 Å². The lowest BCUT2D eigenvalue weighted by Crippen LogP contribution is -2.30. The smallest absolute Gasteiger partial charge is 0.438 e. The molecule has 0 spiro atoms. The van der Waals surface area contributed by atoms with E-state index in [1.807, 2.05) is 0 Å². The number of ether oxygens (including phenoxy) is 2. The maximum atomic E-state index is 10.7. The van der Waals surface area contributed by atoms with Gasteiger partial charge in [0.25, 0.3) is 0 Å². The van der Waals surface area contributed by atoms with Crippen LogP contribution in [0.25, 0.3) is 0 Å². The van der Waals surface area contributed by atoms with E-state index in [0.29, 0.717) is 12.8 Å². The Kier molecular flexibility index (Phi) is 3.37. The monoisotopic (exact) mass is 212 g/mol. The highest BCUT2D eigenvalue weighted by Crippen LogP contribution is 2.50. The van der Waals surface area contributed by atoms with Gasteiger partial charge < -0.3 is 18.6 Å². The lowest BCUT2D eigenvalue weighted by molar-refractivity contribution is 0.0396. The van der Waals surface area contributed by atoms with Crippen LogP contribution in [0.3, 0.4) is 0 Å². The summed E-state index contributed by atoms with van der Waals surface area (Å²) in [5, 5.41) is 0. The minimum atomic E-state index is -3.25. The molecule has 1 unspecified atom stereocenters. The van der Waals surface area contributed by atoms with Gasteiger partial charge in [-0.1, -0.05) is 0 Å². The molecule has 0 saturated carbocycles. The molecule has 1 fully saturated rings. The van der Waals surface area contributed by atoms with Gasteiger partial charge in [-0.15, -0.1) is 0 Å². The molecule has 0 aliphatic carbocycles. The van der Waals surface area contributed by atoms with Crippen LogP contribution in [0.2, 0.25) is 0 Å². The summed E-state index contributed by atoms with van der Waals surface area (Å²) in [5.74, 6) is 0. The summed E-state index contributed by atoms with van der Waals surface area (Å²) >= 11 is 0. The van der Waals surface area contributed by atoms with Crippen molar-refractivity contribution in [2.75, 3.05) is 13.7 Å². The molecule has 78 valence electrons. The number of methoxy groups -OCH3 is 1. The van der Waals surface area contributed by atoms with E-state index in [1.165, 1.54) is 0 Å². The first kappa shape index (κ1) is 10.6. The van der Waals surface area contributed by atoms with Crippen molar-refractivity contribution >= 4 is 17.0 Å². The third-order valence-corrected chi connectivity index (χ3v) is 3.11. The Morgan fingerprint density at radius 3 is 2.85 bits per heavy atom. The van der Waals surface area contributed by atoms with Gasteiger partial charge in [0, 0.05) is 6.42 Å². The lowest BCUT2D eigenvalue weighted by atomic mass is 10.3. The Morgan fingerprint density at radius 1 is 1.62 bits per heavy atom. The van der Waals surface area contributed by atoms with Gasteiger partial charge in [-0.05, 0) is 6.42 Å². The Morgan fingerprint density at radius 2 is 2.31 bits per heavy atom. The van der Waals surface area contributed by atoms with Crippen molar-refractivity contribution < 1.29 is 27.6 Å². The van der Waals surface area contributed by atoms with Crippen molar-refractivity contribution in [1.29, 1.82) is 0 Å². The molecule has 0 aromatic carbocycles. The fourth-order valence-electron chi connectivity index (χ4n) is 0.938. The van der Waals surface area contributed by atoms with Gasteiger partial charge in [0.2, 0.25) is 5.44 Å². The molecule has 1 atom stereocenters. The average molecular weight is 212 g/mol. The van der Waals surface area contributed by atoms with Crippen LogP contribution >= 0.6 is 10.9 Å². The molecule has 1 aliphatic rings. The molecule has 0 radical (unpaired) electrons. The first-order chi connectivity index (χ1) is 6.06. The van der Waals surface area contributed by atoms with E-state index in [9.17, 15) is 13.9 Å². The number of hydrogen-bond donors (Lipinski definition) is 2. The highest BCUT2D eigenvalue weighted by molar-refractivity contribution is 8.20. The van der Waals surface area contributed by atoms with Crippen LogP contribution in [0.4, 0.5) is 4.79 Å². The first-order valence-corrected chi connectivity index (χ1v) is 5.26. The van der Waals surface area contributed by atoms with Crippen molar-refractivity contribution in [3.05, 3.63) is 0 Å². The molecule has 6 nitrogen and oxygen atoms in total. The van der Waals surface area contributed by atoms with Crippen LogP contribution in [-0.4, -0.2) is 34.4 Å². The van der Waals surface area contributed by atoms with E-state index in [-0.39, 0.29) is 6.61 Å². The second-order valence-corrected chi connectivity index (χ2v) is 4.34. The third kappa shape index (κ3) is 2.73. The van der Waals surface area contributed by atoms with Gasteiger partial charge in [-0.3, -0.25) is 4.18 Å². The summed E-state index contributed by atoms with van der Waals surface area (Å²) in [7, 11) is -2.10. The van der Waals surface area contributed by atoms with Gasteiger partial charge in [0.15, 0.2) is 0 Å². The first-order valence-electron chi connectivity index (χ1n) is 3.72. The predicted molar refractivity (Wildman–Crippen MR) is 45.3 cm³/mol. The largest absolute Gasteiger partial charge is 0.509 e. The van der Waals surface area contributed by atoms with Crippen LogP contribution in [0.5, 0.6) is 0 Å². The van der Waals surface area contributed by atoms with Crippen LogP contribution < -0.4 is 0 Å². The second kappa shape index (κ2) is 4.14. The van der Waals surface area contributed by atoms with Crippen LogP contribution in [0, 0.1) is 0 Å². The van der Waals surface area contributed by atoms with Gasteiger partial charge in [0.05, 0.1) is 13.7 Å². The van der Waals surface area contributed by atoms with E-state index < -0.39 is 22.5 Å². The normalized spacial score (nSPS) is 29.0. The summed E-state index contributed by atoms with van der Waals surface area (Å²) < 4.78 is 32.0. The quantitative estimate of drug-likeness (QED) is 0.642. The summed E-state index contributed by atoms with van der Waals surface area (Å²) in [4.78, 5) is 10.7. The van der Waals surface area contributed by atoms with Crippen LogP contribution in [-0.2, 0) is 13.7 Å². The Bertz CT molecular complexity index is 194. The minimum absolute atomic E-state index is 0.267. The zero-order valence-electron chi connectivity index (χ0n) is 7.13.